The summed E-state index contributed by atoms with van der Waals surface area (Å²) in [4.78, 5) is 12.1. The zero-order valence-corrected chi connectivity index (χ0v) is 10.6. The molecule has 1 heterocycles. The Labute approximate surface area is 107 Å². The van der Waals surface area contributed by atoms with E-state index in [0.717, 1.165) is 0 Å². The number of nitro benzene ring substituents is 1. The van der Waals surface area contributed by atoms with Crippen molar-refractivity contribution >= 4 is 39.9 Å². The Bertz CT molecular complexity index is 494. The molecule has 17 heavy (non-hydrogen) atoms. The first-order valence-corrected chi connectivity index (χ1v) is 6.21. The first kappa shape index (κ1) is 12.2. The molecule has 0 radical (unpaired) electrons. The number of amidine groups is 1. The van der Waals surface area contributed by atoms with Gasteiger partial charge in [-0.3, -0.25) is 15.5 Å². The van der Waals surface area contributed by atoms with Crippen molar-refractivity contribution in [3.05, 3.63) is 33.3 Å². The fourth-order valence-electron chi connectivity index (χ4n) is 1.71. The molecule has 1 aromatic rings. The first-order chi connectivity index (χ1) is 7.99. The molecule has 0 bridgehead atoms. The lowest BCUT2D eigenvalue weighted by Gasteiger charge is -2.16. The molecule has 1 fully saturated rings. The lowest BCUT2D eigenvalue weighted by atomic mass is 10.2. The van der Waals surface area contributed by atoms with E-state index in [2.05, 4.69) is 0 Å². The van der Waals surface area contributed by atoms with Gasteiger partial charge in [-0.25, -0.2) is 0 Å². The maximum atomic E-state index is 11.0. The molecular formula is C10H10ClN3O2S. The summed E-state index contributed by atoms with van der Waals surface area (Å²) < 4.78 is 0. The van der Waals surface area contributed by atoms with Crippen LogP contribution in [0.4, 0.5) is 11.4 Å². The van der Waals surface area contributed by atoms with E-state index >= 15 is 0 Å². The number of nitrogens with zero attached hydrogens (tertiary/aromatic N) is 2. The van der Waals surface area contributed by atoms with Gasteiger partial charge in [-0.1, -0.05) is 30.3 Å². The zero-order valence-electron chi connectivity index (χ0n) is 9.01. The molecule has 0 aromatic heterocycles. The predicted octanol–water partition coefficient (Wildman–Crippen LogP) is 3.12. The molecule has 0 amide bonds. The highest BCUT2D eigenvalue weighted by Crippen LogP contribution is 2.36. The minimum atomic E-state index is -0.470. The molecule has 90 valence electrons. The highest BCUT2D eigenvalue weighted by atomic mass is 35.5. The number of hydrogen-bond acceptors (Lipinski definition) is 4. The molecular weight excluding hydrogens is 262 g/mol. The van der Waals surface area contributed by atoms with Gasteiger partial charge in [0.05, 0.1) is 4.92 Å². The summed E-state index contributed by atoms with van der Waals surface area (Å²) in [5.74, 6) is 0. The van der Waals surface area contributed by atoms with E-state index in [-0.39, 0.29) is 10.9 Å². The van der Waals surface area contributed by atoms with Crippen LogP contribution in [0.3, 0.4) is 0 Å². The Balaban J connectivity index is 2.45. The molecule has 7 heteroatoms. The Morgan fingerprint density at radius 2 is 2.35 bits per heavy atom. The lowest BCUT2D eigenvalue weighted by Crippen LogP contribution is -2.24. The second-order valence-corrected chi connectivity index (χ2v) is 5.60. The summed E-state index contributed by atoms with van der Waals surface area (Å²) in [6.45, 7) is 2.59. The largest absolute Gasteiger partial charge is 0.314 e. The highest BCUT2D eigenvalue weighted by molar-refractivity contribution is 8.15. The Morgan fingerprint density at radius 3 is 2.88 bits per heavy atom. The number of thioether (sulfide) groups is 1. The van der Waals surface area contributed by atoms with Crippen LogP contribution in [0.25, 0.3) is 0 Å². The minimum Gasteiger partial charge on any atom is -0.314 e. The van der Waals surface area contributed by atoms with Crippen LogP contribution >= 0.6 is 23.4 Å². The smallest absolute Gasteiger partial charge is 0.294 e. The van der Waals surface area contributed by atoms with Gasteiger partial charge in [0.15, 0.2) is 5.17 Å². The SMILES string of the molecule is C[C@H]1CN(c2ccc(Cl)cc2[N+](=O)[O-])C(=N)S1. The van der Waals surface area contributed by atoms with Gasteiger partial charge in [-0.15, -0.1) is 0 Å². The van der Waals surface area contributed by atoms with Crippen molar-refractivity contribution in [2.24, 2.45) is 0 Å². The summed E-state index contributed by atoms with van der Waals surface area (Å²) in [6.07, 6.45) is 0. The summed E-state index contributed by atoms with van der Waals surface area (Å²) in [5, 5.41) is 19.7. The maximum absolute atomic E-state index is 11.0. The van der Waals surface area contributed by atoms with Gasteiger partial charge in [-0.05, 0) is 12.1 Å². The third kappa shape index (κ3) is 2.37. The Kier molecular flexibility index (Phi) is 3.26. The van der Waals surface area contributed by atoms with Crippen LogP contribution in [0.5, 0.6) is 0 Å². The average molecular weight is 272 g/mol. The van der Waals surface area contributed by atoms with Gasteiger partial charge in [0.25, 0.3) is 5.69 Å². The molecule has 1 saturated heterocycles. The molecule has 2 rings (SSSR count). The summed E-state index contributed by atoms with van der Waals surface area (Å²) in [7, 11) is 0. The van der Waals surface area contributed by atoms with Crippen LogP contribution in [0.2, 0.25) is 5.02 Å². The molecule has 1 N–H and O–H groups in total. The normalized spacial score (nSPS) is 19.8. The predicted molar refractivity (Wildman–Crippen MR) is 70.2 cm³/mol. The van der Waals surface area contributed by atoms with Gasteiger partial charge in [-0.2, -0.15) is 0 Å². The van der Waals surface area contributed by atoms with Crippen LogP contribution < -0.4 is 4.90 Å². The summed E-state index contributed by atoms with van der Waals surface area (Å²) >= 11 is 7.15. The fourth-order valence-corrected chi connectivity index (χ4v) is 2.78. The van der Waals surface area contributed by atoms with Crippen molar-refractivity contribution in [1.29, 1.82) is 5.41 Å². The second-order valence-electron chi connectivity index (χ2n) is 3.73. The van der Waals surface area contributed by atoms with Crippen LogP contribution in [0.1, 0.15) is 6.92 Å². The van der Waals surface area contributed by atoms with E-state index in [4.69, 9.17) is 17.0 Å². The third-order valence-electron chi connectivity index (χ3n) is 2.42. The number of nitrogens with one attached hydrogen (secondary N) is 1. The maximum Gasteiger partial charge on any atom is 0.294 e. The van der Waals surface area contributed by atoms with Gasteiger partial charge in [0.1, 0.15) is 5.69 Å². The molecule has 0 aliphatic carbocycles. The first-order valence-electron chi connectivity index (χ1n) is 4.95. The van der Waals surface area contributed by atoms with Gasteiger partial charge in [0, 0.05) is 22.9 Å². The van der Waals surface area contributed by atoms with E-state index in [9.17, 15) is 10.1 Å². The van der Waals surface area contributed by atoms with Crippen molar-refractivity contribution in [2.45, 2.75) is 12.2 Å². The monoisotopic (exact) mass is 271 g/mol. The number of rotatable bonds is 2. The summed E-state index contributed by atoms with van der Waals surface area (Å²) in [5.41, 5.74) is 0.373. The number of halogens is 1. The topological polar surface area (TPSA) is 70.2 Å². The lowest BCUT2D eigenvalue weighted by molar-refractivity contribution is -0.384. The fraction of sp³-hybridized carbons (Fsp3) is 0.300. The van der Waals surface area contributed by atoms with Crippen molar-refractivity contribution in [1.82, 2.24) is 0 Å². The average Bonchev–Trinajstić information content (AvgIpc) is 2.57. The van der Waals surface area contributed by atoms with Crippen molar-refractivity contribution in [3.8, 4) is 0 Å². The molecule has 0 spiro atoms. The van der Waals surface area contributed by atoms with E-state index < -0.39 is 4.92 Å². The molecule has 0 unspecified atom stereocenters. The Hall–Kier alpha value is -1.27. The molecule has 1 atom stereocenters. The van der Waals surface area contributed by atoms with Gasteiger partial charge < -0.3 is 4.90 Å². The van der Waals surface area contributed by atoms with E-state index in [1.54, 1.807) is 17.0 Å². The number of benzene rings is 1. The molecule has 1 aliphatic heterocycles. The third-order valence-corrected chi connectivity index (χ3v) is 3.65. The molecule has 5 nitrogen and oxygen atoms in total. The zero-order chi connectivity index (χ0) is 12.6. The van der Waals surface area contributed by atoms with Crippen molar-refractivity contribution in [3.63, 3.8) is 0 Å². The molecule has 1 aromatic carbocycles. The van der Waals surface area contributed by atoms with E-state index in [1.165, 1.54) is 17.8 Å². The van der Waals surface area contributed by atoms with Crippen LogP contribution in [0.15, 0.2) is 18.2 Å². The Morgan fingerprint density at radius 1 is 1.65 bits per heavy atom. The van der Waals surface area contributed by atoms with Crippen molar-refractivity contribution < 1.29 is 4.92 Å². The van der Waals surface area contributed by atoms with Gasteiger partial charge >= 0.3 is 0 Å². The van der Waals surface area contributed by atoms with Crippen LogP contribution in [-0.2, 0) is 0 Å². The standard InChI is InChI=1S/C10H10ClN3O2S/c1-6-5-13(10(12)17-6)8-3-2-7(11)4-9(8)14(15)16/h2-4,6,12H,5H2,1H3/t6-/m0/s1. The van der Waals surface area contributed by atoms with Crippen LogP contribution in [-0.4, -0.2) is 21.9 Å². The van der Waals surface area contributed by atoms with E-state index in [1.807, 2.05) is 6.92 Å². The number of nitro groups is 1. The quantitative estimate of drug-likeness (QED) is 0.663. The van der Waals surface area contributed by atoms with Gasteiger partial charge in [0.2, 0.25) is 0 Å². The van der Waals surface area contributed by atoms with Crippen LogP contribution in [0, 0.1) is 15.5 Å². The van der Waals surface area contributed by atoms with Crippen molar-refractivity contribution in [2.75, 3.05) is 11.4 Å². The summed E-state index contributed by atoms with van der Waals surface area (Å²) in [6, 6.07) is 4.51. The van der Waals surface area contributed by atoms with E-state index in [0.29, 0.717) is 22.4 Å². The molecule has 0 saturated carbocycles. The number of anilines is 1. The highest BCUT2D eigenvalue weighted by Gasteiger charge is 2.30. The minimum absolute atomic E-state index is 0.0584. The molecule has 1 aliphatic rings. The second kappa shape index (κ2) is 4.54. The number of hydrogen-bond donors (Lipinski definition) is 1.